The number of hydrogen-bond donors (Lipinski definition) is 2. The van der Waals surface area contributed by atoms with Crippen molar-refractivity contribution in [2.45, 2.75) is 80.9 Å². The van der Waals surface area contributed by atoms with Crippen molar-refractivity contribution in [2.24, 2.45) is 11.3 Å². The first-order chi connectivity index (χ1) is 14.8. The molecule has 6 nitrogen and oxygen atoms in total. The molecule has 0 bridgehead atoms. The van der Waals surface area contributed by atoms with Gasteiger partial charge in [-0.15, -0.1) is 0 Å². The van der Waals surface area contributed by atoms with Crippen molar-refractivity contribution in [2.75, 3.05) is 15.5 Å². The van der Waals surface area contributed by atoms with Crippen molar-refractivity contribution in [1.82, 2.24) is 0 Å². The first kappa shape index (κ1) is 23.5. The Morgan fingerprint density at radius 1 is 1.35 bits per heavy atom. The number of halogens is 1. The van der Waals surface area contributed by atoms with E-state index in [1.54, 1.807) is 12.2 Å². The summed E-state index contributed by atoms with van der Waals surface area (Å²) in [5.74, 6) is -0.581. The molecular formula is C24H35IO6. The first-order valence-corrected chi connectivity index (χ1v) is 15.8. The van der Waals surface area contributed by atoms with Crippen molar-refractivity contribution in [3.63, 3.8) is 0 Å². The monoisotopic (exact) mass is 546 g/mol. The Bertz CT molecular complexity index is 793. The Hall–Kier alpha value is -0.610. The SMILES string of the molecule is CCCC1O[C@@H]2CCI3CCC4=CC(=O)C=C[C@]4(C)C3[C@@H](O)C[C@H](C)C2(C(=O)CO)O1. The number of Topliss-reactive ketones (excluding diaryl/α,β-unsaturated/α-hetero) is 1. The molecule has 3 heterocycles. The Balaban J connectivity index is 1.70. The number of aliphatic hydroxyl groups is 2. The molecule has 3 saturated heterocycles. The van der Waals surface area contributed by atoms with Crippen LogP contribution in [0.25, 0.3) is 0 Å². The van der Waals surface area contributed by atoms with Crippen molar-refractivity contribution in [1.29, 1.82) is 0 Å². The van der Waals surface area contributed by atoms with Crippen molar-refractivity contribution < 1.29 is 29.3 Å². The molecule has 2 N–H and O–H groups in total. The Morgan fingerprint density at radius 3 is 2.84 bits per heavy atom. The van der Waals surface area contributed by atoms with Crippen LogP contribution in [0.3, 0.4) is 0 Å². The molecule has 0 amide bonds. The fourth-order valence-corrected chi connectivity index (χ4v) is 14.5. The van der Waals surface area contributed by atoms with Crippen LogP contribution in [0.1, 0.15) is 52.9 Å². The summed E-state index contributed by atoms with van der Waals surface area (Å²) < 4.78 is 14.7. The Kier molecular flexibility index (Phi) is 6.81. The molecule has 3 fully saturated rings. The van der Waals surface area contributed by atoms with E-state index < -0.39 is 44.4 Å². The van der Waals surface area contributed by atoms with Crippen LogP contribution in [0.2, 0.25) is 0 Å². The molecular weight excluding hydrogens is 511 g/mol. The number of ether oxygens (including phenoxy) is 2. The molecule has 0 spiro atoms. The van der Waals surface area contributed by atoms with Crippen LogP contribution < -0.4 is 0 Å². The van der Waals surface area contributed by atoms with Crippen molar-refractivity contribution in [3.8, 4) is 0 Å². The van der Waals surface area contributed by atoms with Crippen molar-refractivity contribution >= 4 is 31.4 Å². The molecule has 3 aliphatic heterocycles. The summed E-state index contributed by atoms with van der Waals surface area (Å²) in [4.78, 5) is 25.1. The van der Waals surface area contributed by atoms with Gasteiger partial charge >= 0.3 is 192 Å². The molecule has 0 radical (unpaired) electrons. The van der Waals surface area contributed by atoms with Gasteiger partial charge in [-0.05, 0) is 0 Å². The van der Waals surface area contributed by atoms with Crippen LogP contribution in [0.5, 0.6) is 0 Å². The van der Waals surface area contributed by atoms with Crippen molar-refractivity contribution in [3.05, 3.63) is 23.8 Å². The number of alkyl halides is 3. The maximum atomic E-state index is 13.1. The minimum atomic E-state index is -1.64. The van der Waals surface area contributed by atoms with E-state index in [0.717, 1.165) is 33.7 Å². The fourth-order valence-electron chi connectivity index (χ4n) is 6.05. The molecule has 4 rings (SSSR count). The first-order valence-electron chi connectivity index (χ1n) is 11.5. The number of hydrogen-bond acceptors (Lipinski definition) is 6. The zero-order chi connectivity index (χ0) is 22.4. The number of fused-ring (bicyclic) bond motifs is 4. The fraction of sp³-hybridized carbons (Fsp3) is 0.750. The summed E-state index contributed by atoms with van der Waals surface area (Å²) in [6.45, 7) is 5.59. The van der Waals surface area contributed by atoms with Crippen LogP contribution in [0, 0.1) is 11.3 Å². The van der Waals surface area contributed by atoms with Gasteiger partial charge in [0.2, 0.25) is 0 Å². The molecule has 174 valence electrons. The van der Waals surface area contributed by atoms with E-state index in [1.165, 1.54) is 0 Å². The summed E-state index contributed by atoms with van der Waals surface area (Å²) in [5.41, 5.74) is -0.351. The molecule has 0 aromatic rings. The quantitative estimate of drug-likeness (QED) is 0.416. The van der Waals surface area contributed by atoms with Gasteiger partial charge in [0, 0.05) is 0 Å². The predicted molar refractivity (Wildman–Crippen MR) is 126 cm³/mol. The Morgan fingerprint density at radius 2 is 2.13 bits per heavy atom. The summed E-state index contributed by atoms with van der Waals surface area (Å²) >= 11 is -1.64. The van der Waals surface area contributed by atoms with Crippen LogP contribution in [-0.4, -0.2) is 65.3 Å². The van der Waals surface area contributed by atoms with Gasteiger partial charge in [0.1, 0.15) is 0 Å². The second-order valence-electron chi connectivity index (χ2n) is 9.54. The van der Waals surface area contributed by atoms with Gasteiger partial charge in [-0.1, -0.05) is 0 Å². The van der Waals surface area contributed by atoms with Gasteiger partial charge in [0.25, 0.3) is 0 Å². The normalized spacial score (nSPS) is 43.8. The Labute approximate surface area is 191 Å². The van der Waals surface area contributed by atoms with E-state index >= 15 is 0 Å². The topological polar surface area (TPSA) is 93.1 Å². The number of ketones is 2. The molecule has 0 aromatic heterocycles. The van der Waals surface area contributed by atoms with Crippen LogP contribution >= 0.6 is 19.8 Å². The third kappa shape index (κ3) is 3.88. The van der Waals surface area contributed by atoms with Gasteiger partial charge in [0.15, 0.2) is 0 Å². The third-order valence-electron chi connectivity index (χ3n) is 7.62. The van der Waals surface area contributed by atoms with Crippen LogP contribution in [0.15, 0.2) is 23.8 Å². The summed E-state index contributed by atoms with van der Waals surface area (Å²) in [5, 5.41) is 21.4. The molecule has 1 aliphatic carbocycles. The number of allylic oxidation sites excluding steroid dienone is 4. The van der Waals surface area contributed by atoms with E-state index in [0.29, 0.717) is 12.8 Å². The van der Waals surface area contributed by atoms with Gasteiger partial charge in [-0.25, -0.2) is 0 Å². The van der Waals surface area contributed by atoms with E-state index in [-0.39, 0.29) is 32.9 Å². The average molecular weight is 546 g/mol. The number of carbonyl (C=O) groups is 2. The number of aliphatic hydroxyl groups excluding tert-OH is 2. The molecule has 0 saturated carbocycles. The molecule has 7 atom stereocenters. The minimum absolute atomic E-state index is 0.0337. The summed E-state index contributed by atoms with van der Waals surface area (Å²) in [7, 11) is 0. The number of rotatable bonds is 4. The van der Waals surface area contributed by atoms with Crippen LogP contribution in [0.4, 0.5) is 0 Å². The maximum absolute atomic E-state index is 13.1. The summed E-state index contributed by atoms with van der Waals surface area (Å²) in [6, 6.07) is 0. The molecule has 3 unspecified atom stereocenters. The average Bonchev–Trinajstić information content (AvgIpc) is 3.11. The van der Waals surface area contributed by atoms with Crippen LogP contribution in [-0.2, 0) is 19.1 Å². The van der Waals surface area contributed by atoms with Gasteiger partial charge < -0.3 is 0 Å². The zero-order valence-electron chi connectivity index (χ0n) is 18.7. The van der Waals surface area contributed by atoms with E-state index in [4.69, 9.17) is 9.47 Å². The van der Waals surface area contributed by atoms with Gasteiger partial charge in [-0.2, -0.15) is 0 Å². The van der Waals surface area contributed by atoms with E-state index in [9.17, 15) is 19.8 Å². The molecule has 7 heteroatoms. The molecule has 0 aromatic carbocycles. The van der Waals surface area contributed by atoms with E-state index in [2.05, 4.69) is 13.8 Å². The van der Waals surface area contributed by atoms with E-state index in [1.807, 2.05) is 13.0 Å². The van der Waals surface area contributed by atoms with Gasteiger partial charge in [-0.3, -0.25) is 0 Å². The molecule has 4 aliphatic rings. The second kappa shape index (κ2) is 8.97. The predicted octanol–water partition coefficient (Wildman–Crippen LogP) is 2.97. The summed E-state index contributed by atoms with van der Waals surface area (Å²) in [6.07, 6.45) is 7.70. The second-order valence-corrected chi connectivity index (χ2v) is 15.9. The molecule has 31 heavy (non-hydrogen) atoms. The zero-order valence-corrected chi connectivity index (χ0v) is 20.8. The van der Waals surface area contributed by atoms with Gasteiger partial charge in [0.05, 0.1) is 0 Å². The number of carbonyl (C=O) groups excluding carboxylic acids is 2. The standard InChI is InChI=1S/C24H35IO6/c1-4-5-21-30-20-8-11-25-10-7-16-13-17(27)6-9-23(16,3)22(25)18(28)12-15(2)24(20,31-21)19(29)14-26/h6,9,13,15,18,20-22,26,28H,4-5,7-8,10-12,14H2,1-3H3/t15-,18-,20+,21?,22?,23-,24?/m0/s1. The third-order valence-corrected chi connectivity index (χ3v) is 15.6.